The fraction of sp³-hybridized carbons (Fsp3) is 0.438. The van der Waals surface area contributed by atoms with Gasteiger partial charge in [0.25, 0.3) is 0 Å². The molecule has 1 aromatic carbocycles. The number of piperazine rings is 1. The van der Waals surface area contributed by atoms with Crippen LogP contribution in [0.2, 0.25) is 0 Å². The third-order valence-corrected chi connectivity index (χ3v) is 4.23. The zero-order valence-electron chi connectivity index (χ0n) is 12.0. The van der Waals surface area contributed by atoms with Crippen molar-refractivity contribution in [3.05, 3.63) is 36.5 Å². The molecule has 1 saturated heterocycles. The topological polar surface area (TPSA) is 45.4 Å². The summed E-state index contributed by atoms with van der Waals surface area (Å²) in [6.45, 7) is 7.08. The zero-order valence-corrected chi connectivity index (χ0v) is 12.0. The highest BCUT2D eigenvalue weighted by atomic mass is 15.3. The molecule has 0 saturated carbocycles. The van der Waals surface area contributed by atoms with Gasteiger partial charge in [-0.3, -0.25) is 4.90 Å². The number of anilines is 1. The maximum absolute atomic E-state index is 5.76. The quantitative estimate of drug-likeness (QED) is 0.922. The van der Waals surface area contributed by atoms with E-state index >= 15 is 0 Å². The molecule has 1 atom stereocenters. The van der Waals surface area contributed by atoms with Crippen LogP contribution in [0, 0.1) is 0 Å². The number of nitrogens with two attached hydrogens (primary N) is 1. The first-order chi connectivity index (χ1) is 9.79. The van der Waals surface area contributed by atoms with Gasteiger partial charge in [0.2, 0.25) is 0 Å². The Morgan fingerprint density at radius 1 is 1.15 bits per heavy atom. The smallest absolute Gasteiger partial charge is 0.136 e. The van der Waals surface area contributed by atoms with Crippen molar-refractivity contribution in [2.75, 3.05) is 37.6 Å². The standard InChI is InChI=1S/C16H22N4/c1-13(12-17)19-8-10-20(11-9-19)16-15-5-3-2-4-14(15)6-7-18-16/h2-7,13H,8-12,17H2,1H3. The molecule has 2 heterocycles. The Balaban J connectivity index is 1.80. The number of fused-ring (bicyclic) bond motifs is 1. The first-order valence-electron chi connectivity index (χ1n) is 7.32. The zero-order chi connectivity index (χ0) is 13.9. The minimum atomic E-state index is 0.470. The van der Waals surface area contributed by atoms with Crippen LogP contribution >= 0.6 is 0 Å². The van der Waals surface area contributed by atoms with E-state index in [1.54, 1.807) is 0 Å². The van der Waals surface area contributed by atoms with E-state index in [9.17, 15) is 0 Å². The van der Waals surface area contributed by atoms with Gasteiger partial charge < -0.3 is 10.6 Å². The summed E-state index contributed by atoms with van der Waals surface area (Å²) in [5.74, 6) is 1.11. The fourth-order valence-electron chi connectivity index (χ4n) is 2.88. The van der Waals surface area contributed by atoms with Crippen molar-refractivity contribution in [1.82, 2.24) is 9.88 Å². The molecule has 2 N–H and O–H groups in total. The van der Waals surface area contributed by atoms with Crippen LogP contribution in [-0.4, -0.2) is 48.6 Å². The lowest BCUT2D eigenvalue weighted by Crippen LogP contribution is -2.51. The van der Waals surface area contributed by atoms with E-state index in [0.717, 1.165) is 38.5 Å². The molecule has 1 aromatic heterocycles. The Morgan fingerprint density at radius 3 is 2.65 bits per heavy atom. The lowest BCUT2D eigenvalue weighted by Gasteiger charge is -2.38. The molecule has 1 aliphatic rings. The van der Waals surface area contributed by atoms with Gasteiger partial charge in [-0.1, -0.05) is 24.3 Å². The van der Waals surface area contributed by atoms with Crippen molar-refractivity contribution in [2.45, 2.75) is 13.0 Å². The predicted molar refractivity (Wildman–Crippen MR) is 84.0 cm³/mol. The number of rotatable bonds is 3. The molecule has 1 aliphatic heterocycles. The van der Waals surface area contributed by atoms with Gasteiger partial charge in [-0.05, 0) is 18.4 Å². The summed E-state index contributed by atoms with van der Waals surface area (Å²) < 4.78 is 0. The summed E-state index contributed by atoms with van der Waals surface area (Å²) in [5, 5.41) is 2.51. The Morgan fingerprint density at radius 2 is 1.90 bits per heavy atom. The molecule has 4 nitrogen and oxygen atoms in total. The summed E-state index contributed by atoms with van der Waals surface area (Å²) in [5.41, 5.74) is 5.76. The highest BCUT2D eigenvalue weighted by molar-refractivity contribution is 5.92. The third-order valence-electron chi connectivity index (χ3n) is 4.23. The van der Waals surface area contributed by atoms with Gasteiger partial charge in [-0.2, -0.15) is 0 Å². The van der Waals surface area contributed by atoms with Crippen LogP contribution in [0.3, 0.4) is 0 Å². The fourth-order valence-corrected chi connectivity index (χ4v) is 2.88. The van der Waals surface area contributed by atoms with Crippen molar-refractivity contribution in [2.24, 2.45) is 5.73 Å². The van der Waals surface area contributed by atoms with E-state index < -0.39 is 0 Å². The number of benzene rings is 1. The SMILES string of the molecule is CC(CN)N1CCN(c2nccc3ccccc23)CC1. The predicted octanol–water partition coefficient (Wildman–Crippen LogP) is 1.70. The van der Waals surface area contributed by atoms with E-state index in [4.69, 9.17) is 5.73 Å². The Hall–Kier alpha value is -1.65. The van der Waals surface area contributed by atoms with Gasteiger partial charge in [0.05, 0.1) is 0 Å². The largest absolute Gasteiger partial charge is 0.354 e. The first kappa shape index (κ1) is 13.3. The second-order valence-electron chi connectivity index (χ2n) is 5.46. The molecule has 1 fully saturated rings. The van der Waals surface area contributed by atoms with E-state index in [1.807, 2.05) is 6.20 Å². The molecule has 0 radical (unpaired) electrons. The Labute approximate surface area is 120 Å². The van der Waals surface area contributed by atoms with Crippen molar-refractivity contribution in [3.63, 3.8) is 0 Å². The molecular weight excluding hydrogens is 248 g/mol. The molecule has 3 rings (SSSR count). The van der Waals surface area contributed by atoms with Crippen LogP contribution in [0.5, 0.6) is 0 Å². The number of hydrogen-bond acceptors (Lipinski definition) is 4. The Bertz CT molecular complexity index is 570. The minimum Gasteiger partial charge on any atom is -0.354 e. The van der Waals surface area contributed by atoms with Crippen molar-refractivity contribution in [1.29, 1.82) is 0 Å². The number of hydrogen-bond donors (Lipinski definition) is 1. The van der Waals surface area contributed by atoms with Crippen LogP contribution in [0.15, 0.2) is 36.5 Å². The molecule has 2 aromatic rings. The van der Waals surface area contributed by atoms with Crippen molar-refractivity contribution >= 4 is 16.6 Å². The Kier molecular flexibility index (Phi) is 3.85. The molecule has 4 heteroatoms. The van der Waals surface area contributed by atoms with Crippen LogP contribution in [0.1, 0.15) is 6.92 Å². The molecule has 0 bridgehead atoms. The van der Waals surface area contributed by atoms with Crippen LogP contribution in [-0.2, 0) is 0 Å². The molecular formula is C16H22N4. The molecule has 0 amide bonds. The highest BCUT2D eigenvalue weighted by Gasteiger charge is 2.21. The van der Waals surface area contributed by atoms with Gasteiger partial charge in [0.15, 0.2) is 0 Å². The van der Waals surface area contributed by atoms with Gasteiger partial charge in [0.1, 0.15) is 5.82 Å². The first-order valence-corrected chi connectivity index (χ1v) is 7.32. The number of pyridine rings is 1. The maximum Gasteiger partial charge on any atom is 0.136 e. The lowest BCUT2D eigenvalue weighted by atomic mass is 10.1. The number of nitrogens with zero attached hydrogens (tertiary/aromatic N) is 3. The van der Waals surface area contributed by atoms with Gasteiger partial charge in [-0.25, -0.2) is 4.98 Å². The second-order valence-corrected chi connectivity index (χ2v) is 5.46. The van der Waals surface area contributed by atoms with Crippen molar-refractivity contribution < 1.29 is 0 Å². The average Bonchev–Trinajstić information content (AvgIpc) is 2.54. The highest BCUT2D eigenvalue weighted by Crippen LogP contribution is 2.25. The van der Waals surface area contributed by atoms with E-state index in [1.165, 1.54) is 10.8 Å². The summed E-state index contributed by atoms with van der Waals surface area (Å²) in [6.07, 6.45) is 1.91. The molecule has 0 spiro atoms. The summed E-state index contributed by atoms with van der Waals surface area (Å²) >= 11 is 0. The van der Waals surface area contributed by atoms with Crippen molar-refractivity contribution in [3.8, 4) is 0 Å². The third kappa shape index (κ3) is 2.49. The van der Waals surface area contributed by atoms with Gasteiger partial charge in [0, 0.05) is 50.3 Å². The maximum atomic E-state index is 5.76. The van der Waals surface area contributed by atoms with Crippen LogP contribution < -0.4 is 10.6 Å². The lowest BCUT2D eigenvalue weighted by molar-refractivity contribution is 0.201. The second kappa shape index (κ2) is 5.77. The summed E-state index contributed by atoms with van der Waals surface area (Å²) in [6, 6.07) is 11.0. The minimum absolute atomic E-state index is 0.470. The van der Waals surface area contributed by atoms with Crippen LogP contribution in [0.4, 0.5) is 5.82 Å². The summed E-state index contributed by atoms with van der Waals surface area (Å²) in [7, 11) is 0. The molecule has 1 unspecified atom stereocenters. The average molecular weight is 270 g/mol. The van der Waals surface area contributed by atoms with E-state index in [-0.39, 0.29) is 0 Å². The number of aromatic nitrogens is 1. The monoisotopic (exact) mass is 270 g/mol. The molecule has 0 aliphatic carbocycles. The summed E-state index contributed by atoms with van der Waals surface area (Å²) in [4.78, 5) is 9.45. The van der Waals surface area contributed by atoms with E-state index in [2.05, 4.69) is 52.0 Å². The van der Waals surface area contributed by atoms with Gasteiger partial charge >= 0.3 is 0 Å². The molecule has 106 valence electrons. The van der Waals surface area contributed by atoms with Gasteiger partial charge in [-0.15, -0.1) is 0 Å². The molecule has 20 heavy (non-hydrogen) atoms. The van der Waals surface area contributed by atoms with E-state index in [0.29, 0.717) is 6.04 Å². The van der Waals surface area contributed by atoms with Crippen LogP contribution in [0.25, 0.3) is 10.8 Å². The normalized spacial score (nSPS) is 18.4.